The molecule has 3 rings (SSSR count). The fraction of sp³-hybridized carbons (Fsp3) is 0.517. The lowest BCUT2D eigenvalue weighted by molar-refractivity contribution is 0.202. The average molecular weight is 448 g/mol. The van der Waals surface area contributed by atoms with E-state index in [4.69, 9.17) is 4.74 Å². The summed E-state index contributed by atoms with van der Waals surface area (Å²) in [6, 6.07) is 8.20. The van der Waals surface area contributed by atoms with Crippen LogP contribution in [0.4, 0.5) is 0 Å². The molecule has 1 aromatic heterocycles. The Morgan fingerprint density at radius 3 is 2.73 bits per heavy atom. The van der Waals surface area contributed by atoms with Crippen molar-refractivity contribution in [2.24, 2.45) is 10.9 Å². The summed E-state index contributed by atoms with van der Waals surface area (Å²) >= 11 is 0. The van der Waals surface area contributed by atoms with E-state index in [1.165, 1.54) is 44.2 Å². The lowest BCUT2D eigenvalue weighted by atomic mass is 9.92. The number of ether oxygens (including phenoxy) is 1. The van der Waals surface area contributed by atoms with Crippen LogP contribution in [-0.2, 0) is 0 Å². The smallest absolute Gasteiger partial charge is 0.120 e. The Balaban J connectivity index is 1.33. The van der Waals surface area contributed by atoms with Gasteiger partial charge in [-0.1, -0.05) is 25.2 Å². The van der Waals surface area contributed by atoms with E-state index in [0.717, 1.165) is 72.7 Å². The van der Waals surface area contributed by atoms with E-state index >= 15 is 0 Å². The second-order valence-corrected chi connectivity index (χ2v) is 9.35. The molecule has 0 N–H and O–H groups in total. The molecule has 1 aliphatic rings. The van der Waals surface area contributed by atoms with Gasteiger partial charge in [0.1, 0.15) is 5.75 Å². The van der Waals surface area contributed by atoms with E-state index in [1.54, 1.807) is 0 Å². The number of fused-ring (bicyclic) bond motifs is 1. The van der Waals surface area contributed by atoms with Gasteiger partial charge in [0.25, 0.3) is 0 Å². The molecule has 0 spiro atoms. The van der Waals surface area contributed by atoms with Crippen molar-refractivity contribution < 1.29 is 4.74 Å². The first kappa shape index (κ1) is 25.0. The second-order valence-electron chi connectivity index (χ2n) is 9.35. The Bertz CT molecular complexity index is 941. The molecule has 0 atom stereocenters. The van der Waals surface area contributed by atoms with Gasteiger partial charge in [-0.2, -0.15) is 0 Å². The van der Waals surface area contributed by atoms with Crippen molar-refractivity contribution in [2.45, 2.75) is 64.7 Å². The standard InChI is InChI=1S/C29H41N3O/c1-23(2)27-14-18-31-29-13-12-26(22-28(27)29)33-21-9-11-25-15-19-32(20-16-25)24(3)10-7-5-6-8-17-30-4/h12-14,17-18,22,25H,1,3,5-11,15-16,19-21H2,2,4H3/b30-17+. The highest BCUT2D eigenvalue weighted by atomic mass is 16.5. The van der Waals surface area contributed by atoms with Crippen molar-refractivity contribution in [3.8, 4) is 5.75 Å². The summed E-state index contributed by atoms with van der Waals surface area (Å²) < 4.78 is 6.09. The highest BCUT2D eigenvalue weighted by Gasteiger charge is 2.19. The van der Waals surface area contributed by atoms with Gasteiger partial charge in [0.2, 0.25) is 0 Å². The molecule has 1 aliphatic heterocycles. The molecule has 0 amide bonds. The zero-order chi connectivity index (χ0) is 23.5. The molecule has 0 unspecified atom stereocenters. The highest BCUT2D eigenvalue weighted by molar-refractivity contribution is 5.91. The van der Waals surface area contributed by atoms with Gasteiger partial charge in [0.15, 0.2) is 0 Å². The number of aliphatic imine (C=N–C) groups is 1. The summed E-state index contributed by atoms with van der Waals surface area (Å²) in [7, 11) is 1.85. The highest BCUT2D eigenvalue weighted by Crippen LogP contribution is 2.28. The number of nitrogens with zero attached hydrogens (tertiary/aromatic N) is 3. The predicted octanol–water partition coefficient (Wildman–Crippen LogP) is 7.30. The van der Waals surface area contributed by atoms with E-state index in [1.807, 2.05) is 44.6 Å². The molecule has 1 fully saturated rings. The zero-order valence-corrected chi connectivity index (χ0v) is 20.7. The number of aromatic nitrogens is 1. The first-order valence-electron chi connectivity index (χ1n) is 12.6. The van der Waals surface area contributed by atoms with Gasteiger partial charge in [-0.25, -0.2) is 0 Å². The first-order chi connectivity index (χ1) is 16.1. The number of unbranched alkanes of at least 4 members (excludes halogenated alkanes) is 3. The van der Waals surface area contributed by atoms with Crippen LogP contribution in [0.15, 0.2) is 54.3 Å². The van der Waals surface area contributed by atoms with Crippen molar-refractivity contribution >= 4 is 22.7 Å². The molecule has 2 aromatic rings. The minimum atomic E-state index is 0.768. The van der Waals surface area contributed by atoms with E-state index in [0.29, 0.717) is 0 Å². The van der Waals surface area contributed by atoms with Crippen LogP contribution in [-0.4, -0.2) is 42.8 Å². The van der Waals surface area contributed by atoms with Gasteiger partial charge < -0.3 is 14.6 Å². The molecule has 2 heterocycles. The largest absolute Gasteiger partial charge is 0.494 e. The Hall–Kier alpha value is -2.62. The predicted molar refractivity (Wildman–Crippen MR) is 142 cm³/mol. The Kier molecular flexibility index (Phi) is 9.99. The summed E-state index contributed by atoms with van der Waals surface area (Å²) in [5.74, 6) is 1.73. The maximum absolute atomic E-state index is 6.09. The first-order valence-corrected chi connectivity index (χ1v) is 12.6. The van der Waals surface area contributed by atoms with Gasteiger partial charge >= 0.3 is 0 Å². The molecule has 4 heteroatoms. The quantitative estimate of drug-likeness (QED) is 0.239. The van der Waals surface area contributed by atoms with E-state index < -0.39 is 0 Å². The summed E-state index contributed by atoms with van der Waals surface area (Å²) in [6.07, 6.45) is 14.7. The number of hydrogen-bond acceptors (Lipinski definition) is 4. The van der Waals surface area contributed by atoms with Gasteiger partial charge in [-0.3, -0.25) is 4.98 Å². The number of hydrogen-bond donors (Lipinski definition) is 0. The van der Waals surface area contributed by atoms with Crippen LogP contribution >= 0.6 is 0 Å². The molecule has 178 valence electrons. The lowest BCUT2D eigenvalue weighted by Gasteiger charge is -2.35. The Morgan fingerprint density at radius 1 is 1.15 bits per heavy atom. The zero-order valence-electron chi connectivity index (χ0n) is 20.7. The maximum atomic E-state index is 6.09. The molecular weight excluding hydrogens is 406 g/mol. The summed E-state index contributed by atoms with van der Waals surface area (Å²) in [5.41, 5.74) is 4.52. The maximum Gasteiger partial charge on any atom is 0.120 e. The van der Waals surface area contributed by atoms with Crippen LogP contribution < -0.4 is 4.74 Å². The second kappa shape index (κ2) is 13.2. The third kappa shape index (κ3) is 7.73. The number of piperidine rings is 1. The molecule has 0 saturated carbocycles. The monoisotopic (exact) mass is 447 g/mol. The summed E-state index contributed by atoms with van der Waals surface area (Å²) in [6.45, 7) is 13.6. The van der Waals surface area contributed by atoms with Crippen LogP contribution in [0.1, 0.15) is 70.3 Å². The van der Waals surface area contributed by atoms with Crippen LogP contribution in [0, 0.1) is 5.92 Å². The number of rotatable bonds is 13. The number of pyridine rings is 1. The topological polar surface area (TPSA) is 37.7 Å². The lowest BCUT2D eigenvalue weighted by Crippen LogP contribution is -2.32. The minimum Gasteiger partial charge on any atom is -0.494 e. The molecule has 0 bridgehead atoms. The molecule has 33 heavy (non-hydrogen) atoms. The number of likely N-dealkylation sites (tertiary alicyclic amines) is 1. The van der Waals surface area contributed by atoms with Gasteiger partial charge in [0, 0.05) is 37.4 Å². The van der Waals surface area contributed by atoms with Crippen molar-refractivity contribution in [2.75, 3.05) is 26.7 Å². The Morgan fingerprint density at radius 2 is 1.97 bits per heavy atom. The van der Waals surface area contributed by atoms with Crippen LogP contribution in [0.3, 0.4) is 0 Å². The van der Waals surface area contributed by atoms with E-state index in [9.17, 15) is 0 Å². The van der Waals surface area contributed by atoms with Gasteiger partial charge in [-0.05, 0) is 100 Å². The number of benzene rings is 1. The van der Waals surface area contributed by atoms with Crippen molar-refractivity contribution in [3.63, 3.8) is 0 Å². The van der Waals surface area contributed by atoms with Gasteiger partial charge in [0.05, 0.1) is 12.1 Å². The normalized spacial score (nSPS) is 14.8. The molecular formula is C29H41N3O. The minimum absolute atomic E-state index is 0.768. The molecule has 1 saturated heterocycles. The summed E-state index contributed by atoms with van der Waals surface area (Å²) in [4.78, 5) is 11.0. The summed E-state index contributed by atoms with van der Waals surface area (Å²) in [5, 5.41) is 1.12. The third-order valence-corrected chi connectivity index (χ3v) is 6.74. The van der Waals surface area contributed by atoms with Crippen LogP contribution in [0.5, 0.6) is 5.75 Å². The van der Waals surface area contributed by atoms with Crippen LogP contribution in [0.25, 0.3) is 16.5 Å². The van der Waals surface area contributed by atoms with Crippen molar-refractivity contribution in [1.82, 2.24) is 9.88 Å². The molecule has 0 aliphatic carbocycles. The molecule has 4 nitrogen and oxygen atoms in total. The van der Waals surface area contributed by atoms with E-state index in [2.05, 4.69) is 34.1 Å². The van der Waals surface area contributed by atoms with Crippen molar-refractivity contribution in [3.05, 3.63) is 54.9 Å². The fourth-order valence-corrected chi connectivity index (χ4v) is 4.72. The fourth-order valence-electron chi connectivity index (χ4n) is 4.72. The third-order valence-electron chi connectivity index (χ3n) is 6.74. The SMILES string of the molecule is C=C(C)c1ccnc2ccc(OCCCC3CCN(C(=C)CCCCC/C=N/C)CC3)cc12. The van der Waals surface area contributed by atoms with Crippen molar-refractivity contribution in [1.29, 1.82) is 0 Å². The van der Waals surface area contributed by atoms with Gasteiger partial charge in [-0.15, -0.1) is 0 Å². The molecule has 1 aromatic carbocycles. The Labute approximate surface area is 200 Å². The van der Waals surface area contributed by atoms with Crippen LogP contribution in [0.2, 0.25) is 0 Å². The van der Waals surface area contributed by atoms with E-state index in [-0.39, 0.29) is 0 Å². The molecule has 0 radical (unpaired) electrons. The number of allylic oxidation sites excluding steroid dienone is 2. The average Bonchev–Trinajstić information content (AvgIpc) is 2.83.